The second-order valence-electron chi connectivity index (χ2n) is 4.71. The fraction of sp³-hybridized carbons (Fsp3) is 0.533. The van der Waals surface area contributed by atoms with E-state index in [-0.39, 0.29) is 12.6 Å². The fourth-order valence-electron chi connectivity index (χ4n) is 1.71. The average Bonchev–Trinajstić information content (AvgIpc) is 2.50. The van der Waals surface area contributed by atoms with Crippen LogP contribution in [0.5, 0.6) is 11.5 Å². The molecule has 5 nitrogen and oxygen atoms in total. The van der Waals surface area contributed by atoms with Crippen molar-refractivity contribution in [2.45, 2.75) is 25.8 Å². The lowest BCUT2D eigenvalue weighted by Gasteiger charge is -2.27. The summed E-state index contributed by atoms with van der Waals surface area (Å²) >= 11 is 0. The summed E-state index contributed by atoms with van der Waals surface area (Å²) in [6.07, 6.45) is 0.926. The number of carbonyl (C=O) groups is 1. The Morgan fingerprint density at radius 1 is 1.20 bits per heavy atom. The topological polar surface area (TPSA) is 56.8 Å². The van der Waals surface area contributed by atoms with Crippen LogP contribution < -0.4 is 14.8 Å². The predicted octanol–water partition coefficient (Wildman–Crippen LogP) is 2.01. The van der Waals surface area contributed by atoms with Crippen LogP contribution in [0, 0.1) is 0 Å². The highest BCUT2D eigenvalue weighted by atomic mass is 16.5. The van der Waals surface area contributed by atoms with Crippen molar-refractivity contribution in [1.29, 1.82) is 0 Å². The summed E-state index contributed by atoms with van der Waals surface area (Å²) in [5.41, 5.74) is -0.856. The minimum absolute atomic E-state index is 0.200. The van der Waals surface area contributed by atoms with Crippen LogP contribution >= 0.6 is 0 Å². The van der Waals surface area contributed by atoms with Crippen LogP contribution in [0.25, 0.3) is 0 Å². The minimum Gasteiger partial charge on any atom is -0.497 e. The van der Waals surface area contributed by atoms with Crippen molar-refractivity contribution in [1.82, 2.24) is 5.32 Å². The van der Waals surface area contributed by atoms with Gasteiger partial charge in [-0.2, -0.15) is 0 Å². The van der Waals surface area contributed by atoms with Gasteiger partial charge in [-0.3, -0.25) is 5.32 Å². The maximum atomic E-state index is 11.9. The number of methoxy groups -OCH3 is 2. The molecule has 0 spiro atoms. The van der Waals surface area contributed by atoms with E-state index in [1.807, 2.05) is 19.1 Å². The number of esters is 1. The molecule has 1 rings (SSSR count). The maximum Gasteiger partial charge on any atom is 0.329 e. The zero-order valence-corrected chi connectivity index (χ0v) is 12.6. The number of carbonyl (C=O) groups excluding carboxylic acids is 1. The molecule has 0 aliphatic rings. The Morgan fingerprint density at radius 2 is 1.80 bits per heavy atom. The van der Waals surface area contributed by atoms with Gasteiger partial charge in [0.05, 0.1) is 14.2 Å². The Hall–Kier alpha value is -1.75. The number of ether oxygens (including phenoxy) is 3. The summed E-state index contributed by atoms with van der Waals surface area (Å²) in [4.78, 5) is 11.9. The van der Waals surface area contributed by atoms with Gasteiger partial charge >= 0.3 is 5.97 Å². The molecule has 0 bridgehead atoms. The smallest absolute Gasteiger partial charge is 0.329 e. The predicted molar refractivity (Wildman–Crippen MR) is 77.2 cm³/mol. The van der Waals surface area contributed by atoms with E-state index in [0.29, 0.717) is 5.75 Å². The number of hydrogen-bond donors (Lipinski definition) is 1. The molecule has 0 aliphatic carbocycles. The first-order valence-electron chi connectivity index (χ1n) is 6.66. The molecule has 1 unspecified atom stereocenters. The van der Waals surface area contributed by atoms with Gasteiger partial charge in [0.2, 0.25) is 0 Å². The number of hydrogen-bond acceptors (Lipinski definition) is 5. The average molecular weight is 281 g/mol. The molecule has 0 heterocycles. The highest BCUT2D eigenvalue weighted by Gasteiger charge is 2.34. The van der Waals surface area contributed by atoms with Gasteiger partial charge in [0.15, 0.2) is 0 Å². The normalized spacial score (nSPS) is 13.4. The number of benzene rings is 1. The van der Waals surface area contributed by atoms with Gasteiger partial charge in [-0.25, -0.2) is 4.79 Å². The Morgan fingerprint density at radius 3 is 2.30 bits per heavy atom. The van der Waals surface area contributed by atoms with E-state index in [4.69, 9.17) is 14.2 Å². The first-order chi connectivity index (χ1) is 9.55. The van der Waals surface area contributed by atoms with Crippen molar-refractivity contribution >= 4 is 5.97 Å². The Balaban J connectivity index is 2.67. The molecule has 0 saturated carbocycles. The number of rotatable bonds is 8. The van der Waals surface area contributed by atoms with Crippen molar-refractivity contribution < 1.29 is 19.0 Å². The fourth-order valence-corrected chi connectivity index (χ4v) is 1.71. The molecular formula is C15H23NO4. The Labute approximate surface area is 120 Å². The zero-order chi connectivity index (χ0) is 15.0. The molecule has 112 valence electrons. The van der Waals surface area contributed by atoms with E-state index in [2.05, 4.69) is 5.32 Å². The van der Waals surface area contributed by atoms with Crippen LogP contribution in [0.1, 0.15) is 20.3 Å². The summed E-state index contributed by atoms with van der Waals surface area (Å²) in [6, 6.07) is 7.22. The summed E-state index contributed by atoms with van der Waals surface area (Å²) in [5.74, 6) is 1.11. The Bertz CT molecular complexity index is 418. The maximum absolute atomic E-state index is 11.9. The Kier molecular flexibility index (Phi) is 6.31. The summed E-state index contributed by atoms with van der Waals surface area (Å²) < 4.78 is 15.6. The summed E-state index contributed by atoms with van der Waals surface area (Å²) in [7, 11) is 2.99. The van der Waals surface area contributed by atoms with Gasteiger partial charge in [-0.15, -0.1) is 0 Å². The lowest BCUT2D eigenvalue weighted by molar-refractivity contribution is -0.149. The van der Waals surface area contributed by atoms with Gasteiger partial charge in [0, 0.05) is 0 Å². The molecule has 0 fully saturated rings. The minimum atomic E-state index is -0.856. The zero-order valence-electron chi connectivity index (χ0n) is 12.6. The van der Waals surface area contributed by atoms with Crippen molar-refractivity contribution in [2.75, 3.05) is 27.4 Å². The van der Waals surface area contributed by atoms with Crippen molar-refractivity contribution in [2.24, 2.45) is 0 Å². The lowest BCUT2D eigenvalue weighted by atomic mass is 10.0. The molecule has 1 aromatic carbocycles. The van der Waals surface area contributed by atoms with Crippen LogP contribution in [-0.4, -0.2) is 38.9 Å². The molecular weight excluding hydrogens is 258 g/mol. The van der Waals surface area contributed by atoms with E-state index < -0.39 is 5.54 Å². The van der Waals surface area contributed by atoms with Crippen molar-refractivity contribution in [3.63, 3.8) is 0 Å². The highest BCUT2D eigenvalue weighted by Crippen LogP contribution is 2.18. The SMILES string of the molecule is CCCNC(C)(COc1ccc(OC)cc1)C(=O)OC. The summed E-state index contributed by atoms with van der Waals surface area (Å²) in [6.45, 7) is 4.73. The third-order valence-corrected chi connectivity index (χ3v) is 2.99. The molecule has 0 amide bonds. The van der Waals surface area contributed by atoms with Crippen LogP contribution in [0.3, 0.4) is 0 Å². The van der Waals surface area contributed by atoms with Gasteiger partial charge in [0.1, 0.15) is 23.6 Å². The van der Waals surface area contributed by atoms with Gasteiger partial charge in [-0.05, 0) is 44.2 Å². The van der Waals surface area contributed by atoms with Gasteiger partial charge in [0.25, 0.3) is 0 Å². The molecule has 0 radical (unpaired) electrons. The molecule has 0 aliphatic heterocycles. The highest BCUT2D eigenvalue weighted by molar-refractivity contribution is 5.80. The number of nitrogens with one attached hydrogen (secondary N) is 1. The van der Waals surface area contributed by atoms with E-state index >= 15 is 0 Å². The van der Waals surface area contributed by atoms with Crippen LogP contribution in [-0.2, 0) is 9.53 Å². The second kappa shape index (κ2) is 7.75. The first kappa shape index (κ1) is 16.3. The summed E-state index contributed by atoms with van der Waals surface area (Å²) in [5, 5.41) is 3.17. The van der Waals surface area contributed by atoms with Gasteiger partial charge in [-0.1, -0.05) is 6.92 Å². The quantitative estimate of drug-likeness (QED) is 0.739. The monoisotopic (exact) mass is 281 g/mol. The molecule has 1 atom stereocenters. The molecule has 5 heteroatoms. The molecule has 1 aromatic rings. The standard InChI is InChI=1S/C15H23NO4/c1-5-10-16-15(2,14(17)19-4)11-20-13-8-6-12(18-3)7-9-13/h6-9,16H,5,10-11H2,1-4H3. The molecule has 1 N–H and O–H groups in total. The van der Waals surface area contributed by atoms with E-state index in [0.717, 1.165) is 18.7 Å². The first-order valence-corrected chi connectivity index (χ1v) is 6.66. The van der Waals surface area contributed by atoms with Crippen molar-refractivity contribution in [3.05, 3.63) is 24.3 Å². The largest absolute Gasteiger partial charge is 0.497 e. The molecule has 20 heavy (non-hydrogen) atoms. The van der Waals surface area contributed by atoms with E-state index in [9.17, 15) is 4.79 Å². The second-order valence-corrected chi connectivity index (χ2v) is 4.71. The van der Waals surface area contributed by atoms with E-state index in [1.165, 1.54) is 7.11 Å². The third kappa shape index (κ3) is 4.42. The van der Waals surface area contributed by atoms with Crippen LogP contribution in [0.15, 0.2) is 24.3 Å². The van der Waals surface area contributed by atoms with Crippen molar-refractivity contribution in [3.8, 4) is 11.5 Å². The third-order valence-electron chi connectivity index (χ3n) is 2.99. The van der Waals surface area contributed by atoms with Crippen LogP contribution in [0.4, 0.5) is 0 Å². The molecule has 0 saturated heterocycles. The van der Waals surface area contributed by atoms with Crippen LogP contribution in [0.2, 0.25) is 0 Å². The molecule has 0 aromatic heterocycles. The van der Waals surface area contributed by atoms with E-state index in [1.54, 1.807) is 26.2 Å². The lowest BCUT2D eigenvalue weighted by Crippen LogP contribution is -2.54. The van der Waals surface area contributed by atoms with Gasteiger partial charge < -0.3 is 14.2 Å².